The predicted octanol–water partition coefficient (Wildman–Crippen LogP) is 4.21. The molecule has 0 aliphatic carbocycles. The van der Waals surface area contributed by atoms with Crippen molar-refractivity contribution < 1.29 is 0 Å². The van der Waals surface area contributed by atoms with E-state index in [-0.39, 0.29) is 0 Å². The third-order valence-electron chi connectivity index (χ3n) is 3.08. The maximum Gasteiger partial charge on any atom is 0.0320 e. The average molecular weight is 203 g/mol. The number of nitrogen functional groups attached to an aromatic ring is 1. The summed E-state index contributed by atoms with van der Waals surface area (Å²) >= 11 is 0. The number of benzene rings is 1. The molecular formula is C14H21N. The van der Waals surface area contributed by atoms with Crippen molar-refractivity contribution in [1.29, 1.82) is 0 Å². The Morgan fingerprint density at radius 3 is 2.67 bits per heavy atom. The molecule has 2 N–H and O–H groups in total. The SMILES string of the molecule is C/C=C(/C)c1cc(N)ccc1C(C)CC. The Bertz CT molecular complexity index is 364. The molecule has 0 amide bonds. The van der Waals surface area contributed by atoms with E-state index in [1.54, 1.807) is 0 Å². The summed E-state index contributed by atoms with van der Waals surface area (Å²) in [6.45, 7) is 8.69. The number of anilines is 1. The molecule has 0 bridgehead atoms. The fourth-order valence-electron chi connectivity index (χ4n) is 1.72. The third kappa shape index (κ3) is 2.62. The summed E-state index contributed by atoms with van der Waals surface area (Å²) in [5.41, 5.74) is 10.7. The number of rotatable bonds is 3. The Kier molecular flexibility index (Phi) is 3.96. The molecule has 0 spiro atoms. The molecule has 0 saturated heterocycles. The van der Waals surface area contributed by atoms with Crippen LogP contribution in [0.1, 0.15) is 51.2 Å². The zero-order valence-electron chi connectivity index (χ0n) is 10.2. The summed E-state index contributed by atoms with van der Waals surface area (Å²) in [5, 5.41) is 0. The van der Waals surface area contributed by atoms with E-state index in [2.05, 4.69) is 45.9 Å². The van der Waals surface area contributed by atoms with E-state index in [0.29, 0.717) is 5.92 Å². The van der Waals surface area contributed by atoms with Crippen LogP contribution in [-0.4, -0.2) is 0 Å². The van der Waals surface area contributed by atoms with Gasteiger partial charge in [-0.3, -0.25) is 0 Å². The van der Waals surface area contributed by atoms with Gasteiger partial charge in [-0.15, -0.1) is 0 Å². The molecule has 0 aliphatic rings. The predicted molar refractivity (Wildman–Crippen MR) is 68.9 cm³/mol. The Morgan fingerprint density at radius 2 is 2.13 bits per heavy atom. The molecule has 1 aromatic carbocycles. The highest BCUT2D eigenvalue weighted by atomic mass is 14.5. The van der Waals surface area contributed by atoms with Crippen LogP contribution in [0, 0.1) is 0 Å². The van der Waals surface area contributed by atoms with Gasteiger partial charge in [-0.25, -0.2) is 0 Å². The largest absolute Gasteiger partial charge is 0.399 e. The summed E-state index contributed by atoms with van der Waals surface area (Å²) in [4.78, 5) is 0. The molecule has 82 valence electrons. The lowest BCUT2D eigenvalue weighted by atomic mass is 9.90. The molecular weight excluding hydrogens is 182 g/mol. The molecule has 0 radical (unpaired) electrons. The second-order valence-electron chi connectivity index (χ2n) is 4.13. The highest BCUT2D eigenvalue weighted by Gasteiger charge is 2.09. The van der Waals surface area contributed by atoms with E-state index in [0.717, 1.165) is 12.1 Å². The van der Waals surface area contributed by atoms with Crippen LogP contribution < -0.4 is 5.73 Å². The van der Waals surface area contributed by atoms with Gasteiger partial charge < -0.3 is 5.73 Å². The summed E-state index contributed by atoms with van der Waals surface area (Å²) in [6.07, 6.45) is 3.30. The van der Waals surface area contributed by atoms with Crippen molar-refractivity contribution in [3.63, 3.8) is 0 Å². The standard InChI is InChI=1S/C14H21N/c1-5-10(3)13-8-7-12(15)9-14(13)11(4)6-2/h6-10H,5,15H2,1-4H3/b11-6-. The minimum absolute atomic E-state index is 0.593. The number of allylic oxidation sites excluding steroid dienone is 2. The fourth-order valence-corrected chi connectivity index (χ4v) is 1.72. The maximum absolute atomic E-state index is 5.83. The topological polar surface area (TPSA) is 26.0 Å². The second kappa shape index (κ2) is 5.01. The van der Waals surface area contributed by atoms with Gasteiger partial charge in [0.15, 0.2) is 0 Å². The van der Waals surface area contributed by atoms with Gasteiger partial charge in [-0.1, -0.05) is 26.0 Å². The molecule has 1 atom stereocenters. The van der Waals surface area contributed by atoms with Gasteiger partial charge in [-0.05, 0) is 55.0 Å². The van der Waals surface area contributed by atoms with Crippen molar-refractivity contribution in [3.05, 3.63) is 35.4 Å². The summed E-state index contributed by atoms with van der Waals surface area (Å²) in [5.74, 6) is 0.593. The molecule has 0 aromatic heterocycles. The lowest BCUT2D eigenvalue weighted by Gasteiger charge is -2.16. The summed E-state index contributed by atoms with van der Waals surface area (Å²) < 4.78 is 0. The van der Waals surface area contributed by atoms with Crippen LogP contribution in [-0.2, 0) is 0 Å². The quantitative estimate of drug-likeness (QED) is 0.732. The van der Waals surface area contributed by atoms with Crippen LogP contribution in [0.3, 0.4) is 0 Å². The van der Waals surface area contributed by atoms with Crippen LogP contribution in [0.4, 0.5) is 5.69 Å². The van der Waals surface area contributed by atoms with Gasteiger partial charge in [0, 0.05) is 5.69 Å². The molecule has 0 fully saturated rings. The zero-order valence-corrected chi connectivity index (χ0v) is 10.2. The Labute approximate surface area is 93.0 Å². The highest BCUT2D eigenvalue weighted by molar-refractivity contribution is 5.69. The molecule has 0 aliphatic heterocycles. The molecule has 0 heterocycles. The van der Waals surface area contributed by atoms with Crippen molar-refractivity contribution in [2.24, 2.45) is 0 Å². The normalized spacial score (nSPS) is 14.0. The number of hydrogen-bond acceptors (Lipinski definition) is 1. The number of nitrogens with two attached hydrogens (primary N) is 1. The first-order valence-electron chi connectivity index (χ1n) is 5.62. The van der Waals surface area contributed by atoms with Gasteiger partial charge in [-0.2, -0.15) is 0 Å². The van der Waals surface area contributed by atoms with E-state index in [9.17, 15) is 0 Å². The lowest BCUT2D eigenvalue weighted by Crippen LogP contribution is -1.98. The molecule has 1 heteroatoms. The van der Waals surface area contributed by atoms with Crippen LogP contribution in [0.2, 0.25) is 0 Å². The third-order valence-corrected chi connectivity index (χ3v) is 3.08. The zero-order chi connectivity index (χ0) is 11.4. The van der Waals surface area contributed by atoms with Gasteiger partial charge in [0.1, 0.15) is 0 Å². The minimum atomic E-state index is 0.593. The van der Waals surface area contributed by atoms with E-state index in [1.807, 2.05) is 6.07 Å². The van der Waals surface area contributed by atoms with Gasteiger partial charge in [0.05, 0.1) is 0 Å². The van der Waals surface area contributed by atoms with E-state index in [1.165, 1.54) is 16.7 Å². The monoisotopic (exact) mass is 203 g/mol. The van der Waals surface area contributed by atoms with Crippen molar-refractivity contribution in [2.45, 2.75) is 40.0 Å². The lowest BCUT2D eigenvalue weighted by molar-refractivity contribution is 0.731. The molecule has 0 saturated carbocycles. The van der Waals surface area contributed by atoms with E-state index < -0.39 is 0 Å². The first kappa shape index (κ1) is 11.8. The number of hydrogen-bond donors (Lipinski definition) is 1. The smallest absolute Gasteiger partial charge is 0.0320 e. The van der Waals surface area contributed by atoms with Gasteiger partial charge in [0.25, 0.3) is 0 Å². The van der Waals surface area contributed by atoms with E-state index in [4.69, 9.17) is 5.73 Å². The van der Waals surface area contributed by atoms with Crippen LogP contribution in [0.5, 0.6) is 0 Å². The fraction of sp³-hybridized carbons (Fsp3) is 0.429. The highest BCUT2D eigenvalue weighted by Crippen LogP contribution is 2.29. The summed E-state index contributed by atoms with van der Waals surface area (Å²) in [6, 6.07) is 6.23. The van der Waals surface area contributed by atoms with Gasteiger partial charge >= 0.3 is 0 Å². The first-order chi connectivity index (χ1) is 7.10. The van der Waals surface area contributed by atoms with Crippen molar-refractivity contribution in [3.8, 4) is 0 Å². The van der Waals surface area contributed by atoms with Crippen molar-refractivity contribution >= 4 is 11.3 Å². The van der Waals surface area contributed by atoms with Gasteiger partial charge in [0.2, 0.25) is 0 Å². The molecule has 1 rings (SSSR count). The van der Waals surface area contributed by atoms with Crippen LogP contribution in [0.25, 0.3) is 5.57 Å². The first-order valence-corrected chi connectivity index (χ1v) is 5.62. The molecule has 15 heavy (non-hydrogen) atoms. The maximum atomic E-state index is 5.83. The Hall–Kier alpha value is -1.24. The van der Waals surface area contributed by atoms with Crippen LogP contribution in [0.15, 0.2) is 24.3 Å². The second-order valence-corrected chi connectivity index (χ2v) is 4.13. The summed E-state index contributed by atoms with van der Waals surface area (Å²) in [7, 11) is 0. The Morgan fingerprint density at radius 1 is 1.47 bits per heavy atom. The van der Waals surface area contributed by atoms with Crippen molar-refractivity contribution in [1.82, 2.24) is 0 Å². The molecule has 1 nitrogen and oxygen atoms in total. The van der Waals surface area contributed by atoms with Crippen molar-refractivity contribution in [2.75, 3.05) is 5.73 Å². The minimum Gasteiger partial charge on any atom is -0.399 e. The Balaban J connectivity index is 3.26. The molecule has 1 unspecified atom stereocenters. The van der Waals surface area contributed by atoms with Crippen LogP contribution >= 0.6 is 0 Å². The van der Waals surface area contributed by atoms with E-state index >= 15 is 0 Å². The average Bonchev–Trinajstić information content (AvgIpc) is 2.26. The molecule has 1 aromatic rings.